The Hall–Kier alpha value is 0.0600. The Morgan fingerprint density at radius 2 is 1.09 bits per heavy atom. The fourth-order valence-corrected chi connectivity index (χ4v) is 1.50. The second kappa shape index (κ2) is 21.1. The second-order valence-corrected chi connectivity index (χ2v) is 5.05. The van der Waals surface area contributed by atoms with Gasteiger partial charge in [-0.1, -0.05) is 41.5 Å². The van der Waals surface area contributed by atoms with Crippen molar-refractivity contribution in [3.05, 3.63) is 60.4 Å². The van der Waals surface area contributed by atoms with E-state index in [0.29, 0.717) is 0 Å². The van der Waals surface area contributed by atoms with E-state index in [2.05, 4.69) is 72.7 Å². The van der Waals surface area contributed by atoms with Crippen molar-refractivity contribution in [1.29, 1.82) is 0 Å². The van der Waals surface area contributed by atoms with Gasteiger partial charge in [0, 0.05) is 0 Å². The molecule has 0 saturated carbocycles. The molecule has 2 radical (unpaired) electrons. The van der Waals surface area contributed by atoms with Crippen molar-refractivity contribution in [2.45, 2.75) is 67.2 Å². The third-order valence-electron chi connectivity index (χ3n) is 2.22. The topological polar surface area (TPSA) is 0 Å². The first kappa shape index (κ1) is 26.9. The van der Waals surface area contributed by atoms with Crippen LogP contribution in [0.5, 0.6) is 0 Å². The first-order valence-corrected chi connectivity index (χ1v) is 11.9. The molecule has 2 heteroatoms. The molecule has 0 amide bonds. The van der Waals surface area contributed by atoms with Gasteiger partial charge in [-0.25, -0.2) is 23.3 Å². The molecule has 2 rings (SSSR count). The Labute approximate surface area is 157 Å². The van der Waals surface area contributed by atoms with Gasteiger partial charge in [0.05, 0.1) is 0 Å². The summed E-state index contributed by atoms with van der Waals surface area (Å²) in [6, 6.07) is 0. The Morgan fingerprint density at radius 3 is 1.14 bits per heavy atom. The van der Waals surface area contributed by atoms with Crippen LogP contribution in [-0.2, 0) is 23.3 Å². The van der Waals surface area contributed by atoms with E-state index in [1.165, 1.54) is 45.6 Å². The van der Waals surface area contributed by atoms with Gasteiger partial charge in [0.1, 0.15) is 0 Å². The van der Waals surface area contributed by atoms with E-state index in [1.54, 1.807) is 0 Å². The Bertz CT molecular complexity index is 337. The summed E-state index contributed by atoms with van der Waals surface area (Å²) in [6.07, 6.45) is 14.8. The molecule has 0 fully saturated rings. The van der Waals surface area contributed by atoms with Gasteiger partial charge in [-0.2, -0.15) is 24.0 Å². The maximum atomic E-state index is 3.49. The van der Waals surface area contributed by atoms with Crippen LogP contribution in [0.15, 0.2) is 34.4 Å². The Morgan fingerprint density at radius 1 is 0.864 bits per heavy atom. The number of rotatable bonds is 0. The molecule has 0 atom stereocenters. The third-order valence-corrected chi connectivity index (χ3v) is 2.22. The molecule has 0 unspecified atom stereocenters. The minimum absolute atomic E-state index is 1.00. The molecule has 22 heavy (non-hydrogen) atoms. The van der Waals surface area contributed by atoms with Crippen LogP contribution < -0.4 is 0 Å². The van der Waals surface area contributed by atoms with Gasteiger partial charge in [-0.05, 0) is 0 Å². The first-order valence-electron chi connectivity index (χ1n) is 7.73. The summed E-state index contributed by atoms with van der Waals surface area (Å²) in [6.45, 7) is 22.5. The predicted octanol–water partition coefficient (Wildman–Crippen LogP) is 6.25. The van der Waals surface area contributed by atoms with Crippen LogP contribution in [0.1, 0.15) is 67.2 Å². The molecule has 0 aromatic heterocycles. The van der Waals surface area contributed by atoms with E-state index in [0.717, 1.165) is 25.7 Å². The molecule has 2 aliphatic carbocycles. The summed E-state index contributed by atoms with van der Waals surface area (Å²) in [5.41, 5.74) is 5.44. The van der Waals surface area contributed by atoms with Gasteiger partial charge >= 0.3 is 30.2 Å². The van der Waals surface area contributed by atoms with Gasteiger partial charge in [0.25, 0.3) is 0 Å². The molecule has 0 nitrogen and oxygen atoms in total. The van der Waals surface area contributed by atoms with Gasteiger partial charge in [-0.3, -0.25) is 12.2 Å². The van der Waals surface area contributed by atoms with Crippen molar-refractivity contribution >= 4 is 6.88 Å². The maximum absolute atomic E-state index is 3.49. The van der Waals surface area contributed by atoms with Crippen molar-refractivity contribution in [1.82, 2.24) is 0 Å². The van der Waals surface area contributed by atoms with Crippen LogP contribution in [0.3, 0.4) is 0 Å². The molecule has 0 heterocycles. The number of allylic oxidation sites excluding steroid dienone is 8. The van der Waals surface area contributed by atoms with Crippen LogP contribution in [0.25, 0.3) is 0 Å². The Balaban J connectivity index is -0.000000227. The third kappa shape index (κ3) is 22.3. The van der Waals surface area contributed by atoms with E-state index >= 15 is 0 Å². The summed E-state index contributed by atoms with van der Waals surface area (Å²) < 4.78 is 0. The molecule has 0 bridgehead atoms. The van der Waals surface area contributed by atoms with Crippen molar-refractivity contribution in [3.8, 4) is 0 Å². The van der Waals surface area contributed by atoms with Crippen LogP contribution in [0.4, 0.5) is 0 Å². The summed E-state index contributed by atoms with van der Waals surface area (Å²) >= 11 is 1.36. The SMILES string of the molecule is CC1=[C-]CC(C)=C1.CC1=[C-]CC(C)=C1.[CH2-]CC.[CH2-]CC.[Si]=[Zr]. The van der Waals surface area contributed by atoms with Gasteiger partial charge < -0.3 is 13.8 Å². The van der Waals surface area contributed by atoms with E-state index < -0.39 is 0 Å². The normalized spacial score (nSPS) is 14.0. The molecular formula is C20H32SiZr-4. The molecule has 0 aliphatic heterocycles. The first-order chi connectivity index (χ1) is 10.4. The quantitative estimate of drug-likeness (QED) is 0.338. The summed E-state index contributed by atoms with van der Waals surface area (Å²) in [5.74, 6) is 0. The fraction of sp³-hybridized carbons (Fsp3) is 0.500. The average molecular weight is 392 g/mol. The van der Waals surface area contributed by atoms with Crippen LogP contribution in [0.2, 0.25) is 0 Å². The van der Waals surface area contributed by atoms with E-state index in [4.69, 9.17) is 0 Å². The van der Waals surface area contributed by atoms with Gasteiger partial charge in [-0.15, -0.1) is 12.8 Å². The molecular weight excluding hydrogens is 360 g/mol. The monoisotopic (exact) mass is 390 g/mol. The average Bonchev–Trinajstić information content (AvgIpc) is 3.02. The second-order valence-electron chi connectivity index (χ2n) is 5.05. The van der Waals surface area contributed by atoms with Crippen LogP contribution in [0, 0.1) is 26.0 Å². The van der Waals surface area contributed by atoms with E-state index in [1.807, 2.05) is 13.8 Å². The van der Waals surface area contributed by atoms with Gasteiger partial charge in [0.2, 0.25) is 0 Å². The molecule has 2 aliphatic rings. The number of hydrogen-bond acceptors (Lipinski definition) is 0. The standard InChI is InChI=1S/2C7H9.2C3H7.Si.Zr/c2*1-6-3-4-7(2)5-6;2*1-3-2;;/h2*5H,3H2,1-2H3;2*1,3H2,2H3;;/q4*-1;;. The zero-order valence-corrected chi connectivity index (χ0v) is 18.9. The van der Waals surface area contributed by atoms with Crippen molar-refractivity contribution < 1.29 is 23.3 Å². The molecule has 0 N–H and O–H groups in total. The summed E-state index contributed by atoms with van der Waals surface area (Å²) in [5, 5.41) is 0. The molecule has 124 valence electrons. The predicted molar refractivity (Wildman–Crippen MR) is 98.7 cm³/mol. The minimum atomic E-state index is 1.00. The number of hydrogen-bond donors (Lipinski definition) is 0. The molecule has 0 aromatic carbocycles. The summed E-state index contributed by atoms with van der Waals surface area (Å²) in [4.78, 5) is 0. The van der Waals surface area contributed by atoms with Crippen LogP contribution >= 0.6 is 0 Å². The zero-order chi connectivity index (χ0) is 18.0. The molecule has 0 aromatic rings. The van der Waals surface area contributed by atoms with Gasteiger partial charge in [0.15, 0.2) is 0 Å². The Kier molecular flexibility index (Phi) is 25.8. The molecule has 0 saturated heterocycles. The zero-order valence-electron chi connectivity index (χ0n) is 15.4. The fourth-order valence-electron chi connectivity index (χ4n) is 1.50. The van der Waals surface area contributed by atoms with Crippen molar-refractivity contribution in [2.24, 2.45) is 0 Å². The van der Waals surface area contributed by atoms with E-state index in [-0.39, 0.29) is 0 Å². The van der Waals surface area contributed by atoms with Crippen LogP contribution in [-0.4, -0.2) is 6.88 Å². The van der Waals surface area contributed by atoms with Crippen molar-refractivity contribution in [2.75, 3.05) is 0 Å². The molecule has 0 spiro atoms. The van der Waals surface area contributed by atoms with Crippen molar-refractivity contribution in [3.63, 3.8) is 0 Å². The summed E-state index contributed by atoms with van der Waals surface area (Å²) in [7, 11) is 0. The van der Waals surface area contributed by atoms with E-state index in [9.17, 15) is 0 Å².